The zero-order chi connectivity index (χ0) is 21.1. The van der Waals surface area contributed by atoms with Crippen LogP contribution in [-0.4, -0.2) is 63.3 Å². The molecule has 8 heteroatoms. The van der Waals surface area contributed by atoms with Crippen LogP contribution in [0.2, 0.25) is 0 Å². The molecule has 2 N–H and O–H groups in total. The first-order valence-corrected chi connectivity index (χ1v) is 10.5. The van der Waals surface area contributed by atoms with Crippen LogP contribution in [0.4, 0.5) is 0 Å². The lowest BCUT2D eigenvalue weighted by Crippen LogP contribution is -2.44. The highest BCUT2D eigenvalue weighted by Crippen LogP contribution is 2.20. The third-order valence-corrected chi connectivity index (χ3v) is 5.19. The summed E-state index contributed by atoms with van der Waals surface area (Å²) in [6.45, 7) is 7.27. The highest BCUT2D eigenvalue weighted by molar-refractivity contribution is 14.0. The SMILES string of the molecule is CN=C(NCCC(=O)N1CCCCC1C)NCc1ccc(C)cc1OCCOC.I. The number of piperidine rings is 1. The fraction of sp³-hybridized carbons (Fsp3) is 0.636. The van der Waals surface area contributed by atoms with E-state index >= 15 is 0 Å². The first kappa shape index (κ1) is 26.5. The molecule has 7 nitrogen and oxygen atoms in total. The zero-order valence-electron chi connectivity index (χ0n) is 18.7. The second kappa shape index (κ2) is 14.5. The van der Waals surface area contributed by atoms with Crippen molar-refractivity contribution < 1.29 is 14.3 Å². The number of aryl methyl sites for hydroxylation is 1. The molecule has 0 saturated carbocycles. The Bertz CT molecular complexity index is 684. The summed E-state index contributed by atoms with van der Waals surface area (Å²) in [5, 5.41) is 6.54. The number of amides is 1. The molecule has 1 atom stereocenters. The Labute approximate surface area is 198 Å². The first-order valence-electron chi connectivity index (χ1n) is 10.5. The van der Waals surface area contributed by atoms with E-state index < -0.39 is 0 Å². The fourth-order valence-electron chi connectivity index (χ4n) is 3.48. The van der Waals surface area contributed by atoms with E-state index in [0.717, 1.165) is 36.3 Å². The van der Waals surface area contributed by atoms with Gasteiger partial charge in [0.25, 0.3) is 0 Å². The minimum Gasteiger partial charge on any atom is -0.491 e. The molecule has 1 unspecified atom stereocenters. The molecule has 1 aromatic carbocycles. The predicted octanol–water partition coefficient (Wildman–Crippen LogP) is 3.09. The summed E-state index contributed by atoms with van der Waals surface area (Å²) in [5.74, 6) is 1.74. The largest absolute Gasteiger partial charge is 0.491 e. The van der Waals surface area contributed by atoms with E-state index in [1.165, 1.54) is 6.42 Å². The molecule has 1 aromatic rings. The van der Waals surface area contributed by atoms with Crippen molar-refractivity contribution in [1.82, 2.24) is 15.5 Å². The quantitative estimate of drug-likeness (QED) is 0.221. The number of halogens is 1. The smallest absolute Gasteiger partial charge is 0.224 e. The number of nitrogens with zero attached hydrogens (tertiary/aromatic N) is 2. The van der Waals surface area contributed by atoms with E-state index in [0.29, 0.717) is 44.7 Å². The van der Waals surface area contributed by atoms with Crippen molar-refractivity contribution in [3.8, 4) is 5.75 Å². The van der Waals surface area contributed by atoms with Gasteiger partial charge >= 0.3 is 0 Å². The lowest BCUT2D eigenvalue weighted by Gasteiger charge is -2.33. The van der Waals surface area contributed by atoms with Gasteiger partial charge in [0, 0.05) is 51.8 Å². The van der Waals surface area contributed by atoms with Gasteiger partial charge in [0.1, 0.15) is 12.4 Å². The van der Waals surface area contributed by atoms with E-state index in [1.807, 2.05) is 17.9 Å². The highest BCUT2D eigenvalue weighted by atomic mass is 127. The maximum atomic E-state index is 12.5. The Hall–Kier alpha value is -1.55. The summed E-state index contributed by atoms with van der Waals surface area (Å²) in [6, 6.07) is 6.50. The number of methoxy groups -OCH3 is 1. The molecule has 1 saturated heterocycles. The molecule has 1 fully saturated rings. The van der Waals surface area contributed by atoms with Crippen molar-refractivity contribution >= 4 is 35.8 Å². The van der Waals surface area contributed by atoms with Gasteiger partial charge in [0.15, 0.2) is 5.96 Å². The summed E-state index contributed by atoms with van der Waals surface area (Å²) in [5.41, 5.74) is 2.20. The Morgan fingerprint density at radius 3 is 2.77 bits per heavy atom. The van der Waals surface area contributed by atoms with Gasteiger partial charge in [-0.25, -0.2) is 0 Å². The third kappa shape index (κ3) is 8.67. The van der Waals surface area contributed by atoms with E-state index in [1.54, 1.807) is 14.2 Å². The number of carbonyl (C=O) groups excluding carboxylic acids is 1. The van der Waals surface area contributed by atoms with Crippen LogP contribution in [0.1, 0.15) is 43.7 Å². The molecule has 1 amide bonds. The maximum absolute atomic E-state index is 12.5. The molecule has 0 spiro atoms. The van der Waals surface area contributed by atoms with Gasteiger partial charge in [-0.2, -0.15) is 0 Å². The topological polar surface area (TPSA) is 75.2 Å². The van der Waals surface area contributed by atoms with Gasteiger partial charge in [-0.15, -0.1) is 24.0 Å². The number of likely N-dealkylation sites (tertiary alicyclic amines) is 1. The Balaban J connectivity index is 0.00000450. The van der Waals surface area contributed by atoms with E-state index in [2.05, 4.69) is 34.7 Å². The van der Waals surface area contributed by atoms with Crippen molar-refractivity contribution in [2.24, 2.45) is 4.99 Å². The second-order valence-electron chi connectivity index (χ2n) is 7.49. The minimum absolute atomic E-state index is 0. The summed E-state index contributed by atoms with van der Waals surface area (Å²) in [6.07, 6.45) is 3.91. The molecule has 30 heavy (non-hydrogen) atoms. The number of benzene rings is 1. The molecule has 1 aliphatic rings. The van der Waals surface area contributed by atoms with Gasteiger partial charge < -0.3 is 25.0 Å². The minimum atomic E-state index is 0. The molecule has 0 aromatic heterocycles. The molecule has 170 valence electrons. The summed E-state index contributed by atoms with van der Waals surface area (Å²) >= 11 is 0. The molecule has 1 heterocycles. The van der Waals surface area contributed by atoms with Crippen LogP contribution in [0.5, 0.6) is 5.75 Å². The van der Waals surface area contributed by atoms with E-state index in [9.17, 15) is 4.79 Å². The number of aliphatic imine (C=N–C) groups is 1. The highest BCUT2D eigenvalue weighted by Gasteiger charge is 2.22. The number of hydrogen-bond acceptors (Lipinski definition) is 4. The standard InChI is InChI=1S/C22H36N4O3.HI/c1-17-8-9-19(20(15-17)29-14-13-28-4)16-25-22(23-3)24-11-10-21(27)26-12-6-5-7-18(26)2;/h8-9,15,18H,5-7,10-14,16H2,1-4H3,(H2,23,24,25);1H. The molecule has 2 rings (SSSR count). The van der Waals surface area contributed by atoms with E-state index in [-0.39, 0.29) is 29.9 Å². The monoisotopic (exact) mass is 532 g/mol. The van der Waals surface area contributed by atoms with E-state index in [4.69, 9.17) is 9.47 Å². The van der Waals surface area contributed by atoms with Gasteiger partial charge in [0.05, 0.1) is 6.61 Å². The fourth-order valence-corrected chi connectivity index (χ4v) is 3.48. The van der Waals surface area contributed by atoms with Crippen LogP contribution in [0.15, 0.2) is 23.2 Å². The van der Waals surface area contributed by atoms with Gasteiger partial charge in [0.2, 0.25) is 5.91 Å². The van der Waals surface area contributed by atoms with Gasteiger partial charge in [-0.3, -0.25) is 9.79 Å². The molecular formula is C22H37IN4O3. The lowest BCUT2D eigenvalue weighted by molar-refractivity contribution is -0.134. The zero-order valence-corrected chi connectivity index (χ0v) is 21.0. The van der Waals surface area contributed by atoms with Gasteiger partial charge in [-0.05, 0) is 44.7 Å². The van der Waals surface area contributed by atoms with Crippen molar-refractivity contribution in [1.29, 1.82) is 0 Å². The predicted molar refractivity (Wildman–Crippen MR) is 132 cm³/mol. The third-order valence-electron chi connectivity index (χ3n) is 5.19. The van der Waals surface area contributed by atoms with Crippen LogP contribution in [0.25, 0.3) is 0 Å². The van der Waals surface area contributed by atoms with Crippen LogP contribution >= 0.6 is 24.0 Å². The molecule has 0 aliphatic carbocycles. The summed E-state index contributed by atoms with van der Waals surface area (Å²) in [7, 11) is 3.39. The van der Waals surface area contributed by atoms with Crippen molar-refractivity contribution in [2.75, 3.05) is 40.5 Å². The van der Waals surface area contributed by atoms with Crippen molar-refractivity contribution in [3.05, 3.63) is 29.3 Å². The molecule has 1 aliphatic heterocycles. The number of rotatable bonds is 9. The molecular weight excluding hydrogens is 495 g/mol. The number of carbonyl (C=O) groups is 1. The second-order valence-corrected chi connectivity index (χ2v) is 7.49. The Kier molecular flexibility index (Phi) is 12.8. The summed E-state index contributed by atoms with van der Waals surface area (Å²) in [4.78, 5) is 18.7. The normalized spacial score (nSPS) is 16.6. The van der Waals surface area contributed by atoms with Gasteiger partial charge in [-0.1, -0.05) is 12.1 Å². The maximum Gasteiger partial charge on any atom is 0.224 e. The number of ether oxygens (including phenoxy) is 2. The van der Waals surface area contributed by atoms with Crippen molar-refractivity contribution in [2.45, 2.75) is 52.1 Å². The Morgan fingerprint density at radius 1 is 1.27 bits per heavy atom. The average Bonchev–Trinajstić information content (AvgIpc) is 2.72. The van der Waals surface area contributed by atoms with Crippen LogP contribution in [0, 0.1) is 6.92 Å². The number of hydrogen-bond donors (Lipinski definition) is 2. The Morgan fingerprint density at radius 2 is 2.07 bits per heavy atom. The van der Waals surface area contributed by atoms with Crippen LogP contribution in [0.3, 0.4) is 0 Å². The number of nitrogens with one attached hydrogen (secondary N) is 2. The lowest BCUT2D eigenvalue weighted by atomic mass is 10.0. The number of guanidine groups is 1. The average molecular weight is 532 g/mol. The van der Waals surface area contributed by atoms with Crippen LogP contribution in [-0.2, 0) is 16.1 Å². The summed E-state index contributed by atoms with van der Waals surface area (Å²) < 4.78 is 10.9. The van der Waals surface area contributed by atoms with Crippen molar-refractivity contribution in [3.63, 3.8) is 0 Å². The molecule has 0 bridgehead atoms. The molecule has 0 radical (unpaired) electrons. The first-order chi connectivity index (χ1) is 14.0. The van der Waals surface area contributed by atoms with Crippen LogP contribution < -0.4 is 15.4 Å².